The second kappa shape index (κ2) is 4.07. The van der Waals surface area contributed by atoms with Crippen LogP contribution in [0.1, 0.15) is 19.3 Å². The lowest BCUT2D eigenvalue weighted by molar-refractivity contribution is -0.144. The van der Waals surface area contributed by atoms with E-state index in [9.17, 15) is 9.59 Å². The van der Waals surface area contributed by atoms with Gasteiger partial charge in [-0.3, -0.25) is 15.2 Å². The largest absolute Gasteiger partial charge is 0.420 e. The molecule has 2 N–H and O–H groups in total. The Morgan fingerprint density at radius 3 is 2.87 bits per heavy atom. The molecule has 0 aromatic carbocycles. The third-order valence-corrected chi connectivity index (χ3v) is 2.28. The van der Waals surface area contributed by atoms with Crippen LogP contribution in [-0.4, -0.2) is 27.5 Å². The molecule has 0 aliphatic heterocycles. The minimum atomic E-state index is -0.819. The molecule has 15 heavy (non-hydrogen) atoms. The summed E-state index contributed by atoms with van der Waals surface area (Å²) in [6.45, 7) is 0. The fourth-order valence-electron chi connectivity index (χ4n) is 1.21. The number of hydrogen-bond donors (Lipinski definition) is 2. The molecule has 1 aromatic heterocycles. The summed E-state index contributed by atoms with van der Waals surface area (Å²) in [6, 6.07) is 0. The van der Waals surface area contributed by atoms with Gasteiger partial charge in [0.05, 0.1) is 12.1 Å². The Morgan fingerprint density at radius 2 is 2.33 bits per heavy atom. The first-order valence-corrected chi connectivity index (χ1v) is 4.65. The van der Waals surface area contributed by atoms with Crippen molar-refractivity contribution in [3.05, 3.63) is 6.20 Å². The van der Waals surface area contributed by atoms with Crippen LogP contribution in [0.25, 0.3) is 0 Å². The van der Waals surface area contributed by atoms with Crippen LogP contribution in [0.4, 0.5) is 10.6 Å². The second-order valence-electron chi connectivity index (χ2n) is 3.32. The highest BCUT2D eigenvalue weighted by molar-refractivity contribution is 5.93. The minimum Gasteiger partial charge on any atom is -0.376 e. The number of hydrogen-bond acceptors (Lipinski definition) is 5. The van der Waals surface area contributed by atoms with E-state index < -0.39 is 12.1 Å². The van der Waals surface area contributed by atoms with Crippen LogP contribution >= 0.6 is 0 Å². The maximum Gasteiger partial charge on any atom is 0.420 e. The zero-order valence-corrected chi connectivity index (χ0v) is 7.90. The molecule has 1 amide bonds. The smallest absolute Gasteiger partial charge is 0.376 e. The van der Waals surface area contributed by atoms with Crippen molar-refractivity contribution in [2.75, 3.05) is 5.32 Å². The van der Waals surface area contributed by atoms with E-state index in [1.54, 1.807) is 0 Å². The lowest BCUT2D eigenvalue weighted by atomic mass is 9.86. The monoisotopic (exact) mass is 210 g/mol. The van der Waals surface area contributed by atoms with Gasteiger partial charge in [0.2, 0.25) is 0 Å². The maximum atomic E-state index is 11.2. The molecule has 1 aliphatic rings. The summed E-state index contributed by atoms with van der Waals surface area (Å²) in [7, 11) is 0. The molecule has 0 bridgehead atoms. The Hall–Kier alpha value is -1.92. The number of amides is 1. The molecule has 0 saturated heterocycles. The average molecular weight is 210 g/mol. The standard InChI is InChI=1S/C8H10N4O3/c13-7(5-2-1-3-5)15-8(14)10-6-4-9-12-11-6/h4-5H,1-3H2,(H2,9,10,11,12,14). The molecule has 1 saturated carbocycles. The van der Waals surface area contributed by atoms with E-state index in [1.165, 1.54) is 6.20 Å². The predicted molar refractivity (Wildman–Crippen MR) is 48.8 cm³/mol. The van der Waals surface area contributed by atoms with Gasteiger partial charge in [-0.1, -0.05) is 11.6 Å². The normalized spacial score (nSPS) is 15.5. The number of anilines is 1. The van der Waals surface area contributed by atoms with Crippen LogP contribution in [0.15, 0.2) is 6.20 Å². The van der Waals surface area contributed by atoms with Crippen molar-refractivity contribution in [1.29, 1.82) is 0 Å². The van der Waals surface area contributed by atoms with Gasteiger partial charge in [-0.05, 0) is 12.8 Å². The SMILES string of the molecule is O=C(Nc1c[nH]nn1)OC(=O)C1CCC1. The third kappa shape index (κ3) is 2.30. The van der Waals surface area contributed by atoms with E-state index in [1.807, 2.05) is 0 Å². The second-order valence-corrected chi connectivity index (χ2v) is 3.32. The van der Waals surface area contributed by atoms with Gasteiger partial charge in [-0.15, -0.1) is 5.10 Å². The summed E-state index contributed by atoms with van der Waals surface area (Å²) in [5, 5.41) is 11.6. The van der Waals surface area contributed by atoms with Crippen LogP contribution < -0.4 is 5.32 Å². The lowest BCUT2D eigenvalue weighted by Crippen LogP contribution is -2.28. The van der Waals surface area contributed by atoms with Gasteiger partial charge in [0.25, 0.3) is 0 Å². The number of ether oxygens (including phenoxy) is 1. The molecule has 80 valence electrons. The zero-order valence-electron chi connectivity index (χ0n) is 7.90. The van der Waals surface area contributed by atoms with Crippen LogP contribution in [0.3, 0.4) is 0 Å². The average Bonchev–Trinajstić information content (AvgIpc) is 2.52. The van der Waals surface area contributed by atoms with Crippen LogP contribution in [0.5, 0.6) is 0 Å². The maximum absolute atomic E-state index is 11.2. The fourth-order valence-corrected chi connectivity index (χ4v) is 1.21. The van der Waals surface area contributed by atoms with Crippen molar-refractivity contribution < 1.29 is 14.3 Å². The van der Waals surface area contributed by atoms with Gasteiger partial charge < -0.3 is 4.74 Å². The molecule has 0 spiro atoms. The Bertz CT molecular complexity index is 358. The van der Waals surface area contributed by atoms with Crippen LogP contribution in [0, 0.1) is 5.92 Å². The van der Waals surface area contributed by atoms with Gasteiger partial charge in [-0.2, -0.15) is 0 Å². The summed E-state index contributed by atoms with van der Waals surface area (Å²) in [6.07, 6.45) is 3.19. The number of rotatable bonds is 2. The Kier molecular flexibility index (Phi) is 2.61. The first-order chi connectivity index (χ1) is 7.25. The highest BCUT2D eigenvalue weighted by atomic mass is 16.6. The van der Waals surface area contributed by atoms with E-state index >= 15 is 0 Å². The summed E-state index contributed by atoms with van der Waals surface area (Å²) in [4.78, 5) is 22.4. The Morgan fingerprint density at radius 1 is 1.53 bits per heavy atom. The molecule has 0 radical (unpaired) electrons. The van der Waals surface area contributed by atoms with Gasteiger partial charge in [0.1, 0.15) is 0 Å². The molecule has 1 aliphatic carbocycles. The highest BCUT2D eigenvalue weighted by Gasteiger charge is 2.28. The molecule has 1 heterocycles. The molecule has 0 atom stereocenters. The molecule has 2 rings (SSSR count). The number of nitrogens with one attached hydrogen (secondary N) is 2. The molecular formula is C8H10N4O3. The third-order valence-electron chi connectivity index (χ3n) is 2.28. The van der Waals surface area contributed by atoms with Gasteiger partial charge >= 0.3 is 12.1 Å². The van der Waals surface area contributed by atoms with E-state index in [-0.39, 0.29) is 11.7 Å². The van der Waals surface area contributed by atoms with E-state index in [4.69, 9.17) is 0 Å². The number of carbonyl (C=O) groups is 2. The Labute approximate surface area is 85.2 Å². The number of nitrogens with zero attached hydrogens (tertiary/aromatic N) is 2. The molecule has 7 nitrogen and oxygen atoms in total. The van der Waals surface area contributed by atoms with Crippen molar-refractivity contribution in [2.45, 2.75) is 19.3 Å². The first kappa shape index (κ1) is 9.63. The fraction of sp³-hybridized carbons (Fsp3) is 0.500. The summed E-state index contributed by atoms with van der Waals surface area (Å²) < 4.78 is 4.56. The lowest BCUT2D eigenvalue weighted by Gasteiger charge is -2.22. The number of aromatic amines is 1. The first-order valence-electron chi connectivity index (χ1n) is 4.65. The van der Waals surface area contributed by atoms with E-state index in [2.05, 4.69) is 25.5 Å². The van der Waals surface area contributed by atoms with E-state index in [0.717, 1.165) is 19.3 Å². The summed E-state index contributed by atoms with van der Waals surface area (Å²) in [5.74, 6) is -0.364. The van der Waals surface area contributed by atoms with Crippen LogP contribution in [0.2, 0.25) is 0 Å². The summed E-state index contributed by atoms with van der Waals surface area (Å²) >= 11 is 0. The zero-order chi connectivity index (χ0) is 10.7. The van der Waals surface area contributed by atoms with E-state index in [0.29, 0.717) is 0 Å². The molecule has 7 heteroatoms. The highest BCUT2D eigenvalue weighted by Crippen LogP contribution is 2.27. The van der Waals surface area contributed by atoms with Crippen molar-refractivity contribution in [3.8, 4) is 0 Å². The van der Waals surface area contributed by atoms with Crippen molar-refractivity contribution in [1.82, 2.24) is 15.4 Å². The molecular weight excluding hydrogens is 200 g/mol. The summed E-state index contributed by atoms with van der Waals surface area (Å²) in [5.41, 5.74) is 0. The number of carbonyl (C=O) groups excluding carboxylic acids is 2. The van der Waals surface area contributed by atoms with Crippen molar-refractivity contribution >= 4 is 17.9 Å². The van der Waals surface area contributed by atoms with Crippen LogP contribution in [-0.2, 0) is 9.53 Å². The van der Waals surface area contributed by atoms with Crippen molar-refractivity contribution in [2.24, 2.45) is 5.92 Å². The Balaban J connectivity index is 1.79. The van der Waals surface area contributed by atoms with Gasteiger partial charge in [0.15, 0.2) is 5.82 Å². The van der Waals surface area contributed by atoms with Gasteiger partial charge in [0, 0.05) is 0 Å². The minimum absolute atomic E-state index is 0.118. The number of aromatic nitrogens is 3. The topological polar surface area (TPSA) is 97.0 Å². The predicted octanol–water partition coefficient (Wildman–Crippen LogP) is 0.680. The molecule has 1 fully saturated rings. The number of esters is 1. The molecule has 1 aromatic rings. The van der Waals surface area contributed by atoms with Crippen molar-refractivity contribution in [3.63, 3.8) is 0 Å². The quantitative estimate of drug-likeness (QED) is 0.552. The van der Waals surface area contributed by atoms with Gasteiger partial charge in [-0.25, -0.2) is 4.79 Å². The molecule has 0 unspecified atom stereocenters. The number of H-pyrrole nitrogens is 1.